The molecule has 1 amide bonds. The van der Waals surface area contributed by atoms with Crippen molar-refractivity contribution in [3.8, 4) is 0 Å². The number of aromatic nitrogens is 4. The Kier molecular flexibility index (Phi) is 5.41. The SMILES string of the molecule is CC(C)(C)C1CCc2c(sc3ncn4c(SCC(=O)Nc5ccccc5F)nnc4c23)C1. The maximum absolute atomic E-state index is 13.8. The molecule has 1 aromatic carbocycles. The highest BCUT2D eigenvalue weighted by Crippen LogP contribution is 2.43. The fourth-order valence-corrected chi connectivity index (χ4v) is 6.24. The van der Waals surface area contributed by atoms with Crippen molar-refractivity contribution in [3.63, 3.8) is 0 Å². The number of nitrogens with one attached hydrogen (secondary N) is 1. The minimum atomic E-state index is -0.457. The van der Waals surface area contributed by atoms with Crippen molar-refractivity contribution in [2.75, 3.05) is 11.1 Å². The molecule has 5 rings (SSSR count). The smallest absolute Gasteiger partial charge is 0.234 e. The van der Waals surface area contributed by atoms with E-state index in [4.69, 9.17) is 0 Å². The largest absolute Gasteiger partial charge is 0.323 e. The molecule has 0 aliphatic heterocycles. The number of anilines is 1. The molecule has 0 spiro atoms. The summed E-state index contributed by atoms with van der Waals surface area (Å²) in [6, 6.07) is 6.12. The van der Waals surface area contributed by atoms with E-state index in [0.717, 1.165) is 35.1 Å². The number of hydrogen-bond acceptors (Lipinski definition) is 6. The summed E-state index contributed by atoms with van der Waals surface area (Å²) < 4.78 is 15.6. The molecular weight excluding hydrogens is 445 g/mol. The monoisotopic (exact) mass is 469 g/mol. The van der Waals surface area contributed by atoms with Crippen LogP contribution in [0.1, 0.15) is 37.6 Å². The summed E-state index contributed by atoms with van der Waals surface area (Å²) in [4.78, 5) is 19.4. The summed E-state index contributed by atoms with van der Waals surface area (Å²) in [6.45, 7) is 6.95. The molecule has 4 aromatic rings. The second-order valence-electron chi connectivity index (χ2n) is 9.23. The average Bonchev–Trinajstić information content (AvgIpc) is 3.33. The standard InChI is InChI=1S/C23H24FN5OS2/c1-23(2,3)13-8-9-14-17(10-13)32-21-19(14)20-27-28-22(29(20)12-25-21)31-11-18(30)26-16-7-5-4-6-15(16)24/h4-7,12-13H,8-11H2,1-3H3,(H,26,30). The molecule has 3 aromatic heterocycles. The molecular formula is C23H24FN5OS2. The Labute approximate surface area is 193 Å². The molecule has 0 bridgehead atoms. The number of thioether (sulfide) groups is 1. The summed E-state index contributed by atoms with van der Waals surface area (Å²) in [5.41, 5.74) is 2.60. The van der Waals surface area contributed by atoms with Gasteiger partial charge in [-0.3, -0.25) is 9.20 Å². The maximum atomic E-state index is 13.8. The van der Waals surface area contributed by atoms with Gasteiger partial charge in [-0.1, -0.05) is 44.7 Å². The molecule has 0 saturated carbocycles. The quantitative estimate of drug-likeness (QED) is 0.408. The number of carbonyl (C=O) groups is 1. The fraction of sp³-hybridized carbons (Fsp3) is 0.391. The molecule has 1 N–H and O–H groups in total. The summed E-state index contributed by atoms with van der Waals surface area (Å²) in [5, 5.41) is 13.0. The zero-order valence-electron chi connectivity index (χ0n) is 18.2. The van der Waals surface area contributed by atoms with Crippen molar-refractivity contribution in [2.24, 2.45) is 11.3 Å². The molecule has 32 heavy (non-hydrogen) atoms. The number of aryl methyl sites for hydroxylation is 1. The highest BCUT2D eigenvalue weighted by atomic mass is 32.2. The lowest BCUT2D eigenvalue weighted by molar-refractivity contribution is -0.113. The number of fused-ring (bicyclic) bond motifs is 5. The van der Waals surface area contributed by atoms with E-state index < -0.39 is 5.82 Å². The minimum absolute atomic E-state index is 0.0994. The molecule has 1 atom stereocenters. The van der Waals surface area contributed by atoms with Crippen LogP contribution in [0.2, 0.25) is 0 Å². The van der Waals surface area contributed by atoms with Crippen molar-refractivity contribution in [1.29, 1.82) is 0 Å². The van der Waals surface area contributed by atoms with Crippen molar-refractivity contribution < 1.29 is 9.18 Å². The fourth-order valence-electron chi connectivity index (χ4n) is 4.27. The van der Waals surface area contributed by atoms with Gasteiger partial charge in [0.1, 0.15) is 17.0 Å². The third-order valence-corrected chi connectivity index (χ3v) is 8.24. The van der Waals surface area contributed by atoms with Crippen LogP contribution in [0.3, 0.4) is 0 Å². The highest BCUT2D eigenvalue weighted by molar-refractivity contribution is 7.99. The first-order valence-electron chi connectivity index (χ1n) is 10.6. The number of hydrogen-bond donors (Lipinski definition) is 1. The van der Waals surface area contributed by atoms with E-state index >= 15 is 0 Å². The van der Waals surface area contributed by atoms with Crippen LogP contribution in [0.5, 0.6) is 0 Å². The van der Waals surface area contributed by atoms with Gasteiger partial charge in [0, 0.05) is 4.88 Å². The summed E-state index contributed by atoms with van der Waals surface area (Å²) >= 11 is 3.03. The van der Waals surface area contributed by atoms with Crippen LogP contribution < -0.4 is 5.32 Å². The Bertz CT molecular complexity index is 1320. The van der Waals surface area contributed by atoms with Crippen LogP contribution in [0.4, 0.5) is 10.1 Å². The summed E-state index contributed by atoms with van der Waals surface area (Å²) in [6.07, 6.45) is 5.00. The molecule has 166 valence electrons. The van der Waals surface area contributed by atoms with E-state index in [-0.39, 0.29) is 17.3 Å². The normalized spacial score (nSPS) is 16.4. The zero-order valence-corrected chi connectivity index (χ0v) is 19.8. The molecule has 3 heterocycles. The first-order valence-corrected chi connectivity index (χ1v) is 12.4. The Morgan fingerprint density at radius 2 is 2.12 bits per heavy atom. The van der Waals surface area contributed by atoms with Gasteiger partial charge in [-0.05, 0) is 48.3 Å². The third kappa shape index (κ3) is 3.88. The van der Waals surface area contributed by atoms with E-state index in [1.54, 1.807) is 29.8 Å². The van der Waals surface area contributed by atoms with Gasteiger partial charge in [0.25, 0.3) is 0 Å². The lowest BCUT2D eigenvalue weighted by Crippen LogP contribution is -2.26. The van der Waals surface area contributed by atoms with Crippen molar-refractivity contribution in [2.45, 2.75) is 45.2 Å². The lowest BCUT2D eigenvalue weighted by atomic mass is 9.72. The molecule has 1 aliphatic carbocycles. The second kappa shape index (κ2) is 8.12. The van der Waals surface area contributed by atoms with Crippen LogP contribution in [-0.2, 0) is 17.6 Å². The number of thiophene rings is 1. The van der Waals surface area contributed by atoms with E-state index in [1.165, 1.54) is 34.3 Å². The molecule has 0 fully saturated rings. The Morgan fingerprint density at radius 1 is 1.31 bits per heavy atom. The first kappa shape index (κ1) is 21.3. The number of halogens is 1. The van der Waals surface area contributed by atoms with Gasteiger partial charge in [0.2, 0.25) is 5.91 Å². The highest BCUT2D eigenvalue weighted by Gasteiger charge is 2.31. The van der Waals surface area contributed by atoms with E-state index in [9.17, 15) is 9.18 Å². The molecule has 1 aliphatic rings. The maximum Gasteiger partial charge on any atom is 0.234 e. The first-order chi connectivity index (χ1) is 15.3. The lowest BCUT2D eigenvalue weighted by Gasteiger charge is -2.33. The number of rotatable bonds is 4. The van der Waals surface area contributed by atoms with Crippen LogP contribution in [-0.4, -0.2) is 31.2 Å². The van der Waals surface area contributed by atoms with Crippen LogP contribution in [0, 0.1) is 17.2 Å². The number of amides is 1. The van der Waals surface area contributed by atoms with Crippen LogP contribution in [0.15, 0.2) is 35.7 Å². The Hall–Kier alpha value is -2.52. The minimum Gasteiger partial charge on any atom is -0.323 e. The molecule has 1 unspecified atom stereocenters. The Morgan fingerprint density at radius 3 is 2.91 bits per heavy atom. The van der Waals surface area contributed by atoms with E-state index in [2.05, 4.69) is 41.3 Å². The van der Waals surface area contributed by atoms with Crippen molar-refractivity contribution in [1.82, 2.24) is 19.6 Å². The van der Waals surface area contributed by atoms with Gasteiger partial charge in [-0.15, -0.1) is 21.5 Å². The predicted molar refractivity (Wildman–Crippen MR) is 127 cm³/mol. The van der Waals surface area contributed by atoms with Gasteiger partial charge in [0.15, 0.2) is 10.8 Å². The van der Waals surface area contributed by atoms with E-state index in [1.807, 2.05) is 4.40 Å². The molecule has 6 nitrogen and oxygen atoms in total. The topological polar surface area (TPSA) is 72.2 Å². The number of benzene rings is 1. The number of para-hydroxylation sites is 1. The van der Waals surface area contributed by atoms with Crippen molar-refractivity contribution in [3.05, 3.63) is 46.9 Å². The summed E-state index contributed by atoms with van der Waals surface area (Å²) in [7, 11) is 0. The molecule has 0 saturated heterocycles. The molecule has 0 radical (unpaired) electrons. The second-order valence-corrected chi connectivity index (χ2v) is 11.3. The predicted octanol–water partition coefficient (Wildman–Crippen LogP) is 5.36. The van der Waals surface area contributed by atoms with Gasteiger partial charge in [0.05, 0.1) is 16.8 Å². The molecule has 9 heteroatoms. The number of carbonyl (C=O) groups excluding carboxylic acids is 1. The van der Waals surface area contributed by atoms with Gasteiger partial charge in [-0.2, -0.15) is 0 Å². The third-order valence-electron chi connectivity index (χ3n) is 6.13. The van der Waals surface area contributed by atoms with Gasteiger partial charge >= 0.3 is 0 Å². The zero-order chi connectivity index (χ0) is 22.5. The van der Waals surface area contributed by atoms with Crippen LogP contribution >= 0.6 is 23.1 Å². The Balaban J connectivity index is 1.38. The number of nitrogens with zero attached hydrogens (tertiary/aromatic N) is 4. The van der Waals surface area contributed by atoms with Gasteiger partial charge in [-0.25, -0.2) is 9.37 Å². The summed E-state index contributed by atoms with van der Waals surface area (Å²) in [5.74, 6) is 0.00619. The van der Waals surface area contributed by atoms with Gasteiger partial charge < -0.3 is 5.32 Å². The van der Waals surface area contributed by atoms with E-state index in [0.29, 0.717) is 16.5 Å². The van der Waals surface area contributed by atoms with Crippen LogP contribution in [0.25, 0.3) is 15.9 Å². The van der Waals surface area contributed by atoms with Crippen molar-refractivity contribution >= 4 is 50.6 Å². The average molecular weight is 470 g/mol.